The van der Waals surface area contributed by atoms with Crippen molar-refractivity contribution in [1.29, 1.82) is 0 Å². The molecular weight excluding hydrogens is 402 g/mol. The van der Waals surface area contributed by atoms with Crippen LogP contribution in [0.2, 0.25) is 5.02 Å². The second-order valence-electron chi connectivity index (χ2n) is 7.58. The number of ether oxygens (including phenoxy) is 1. The number of piperidine rings is 1. The number of carbonyl (C=O) groups is 1. The van der Waals surface area contributed by atoms with Crippen LogP contribution in [0.15, 0.2) is 48.5 Å². The molecule has 30 heavy (non-hydrogen) atoms. The SMILES string of the molecule is CNC(=O)c1ccccc1OCC(O)CN(Cc1ccc(Cl)cc1)C1CCNCC1. The number of hydrogen-bond donors (Lipinski definition) is 3. The van der Waals surface area contributed by atoms with E-state index in [-0.39, 0.29) is 12.5 Å². The fraction of sp³-hybridized carbons (Fsp3) is 0.435. The minimum absolute atomic E-state index is 0.121. The summed E-state index contributed by atoms with van der Waals surface area (Å²) in [5, 5.41) is 17.4. The molecule has 162 valence electrons. The van der Waals surface area contributed by atoms with Gasteiger partial charge in [-0.2, -0.15) is 0 Å². The number of nitrogens with zero attached hydrogens (tertiary/aromatic N) is 1. The molecule has 1 fully saturated rings. The van der Waals surface area contributed by atoms with E-state index in [2.05, 4.69) is 15.5 Å². The molecule has 1 aliphatic rings. The third-order valence-electron chi connectivity index (χ3n) is 5.36. The molecule has 2 aromatic rings. The quantitative estimate of drug-likeness (QED) is 0.569. The van der Waals surface area contributed by atoms with E-state index in [1.54, 1.807) is 25.2 Å². The Morgan fingerprint density at radius 3 is 2.63 bits per heavy atom. The summed E-state index contributed by atoms with van der Waals surface area (Å²) >= 11 is 6.02. The highest BCUT2D eigenvalue weighted by Gasteiger charge is 2.24. The van der Waals surface area contributed by atoms with E-state index in [0.29, 0.717) is 23.9 Å². The van der Waals surface area contributed by atoms with Crippen molar-refractivity contribution in [2.45, 2.75) is 31.5 Å². The van der Waals surface area contributed by atoms with Crippen LogP contribution in [0.1, 0.15) is 28.8 Å². The predicted molar refractivity (Wildman–Crippen MR) is 119 cm³/mol. The number of rotatable bonds is 9. The molecule has 0 bridgehead atoms. The Kier molecular flexibility index (Phi) is 8.51. The van der Waals surface area contributed by atoms with Gasteiger partial charge in [-0.25, -0.2) is 0 Å². The van der Waals surface area contributed by atoms with Crippen LogP contribution >= 0.6 is 11.6 Å². The largest absolute Gasteiger partial charge is 0.490 e. The first kappa shape index (κ1) is 22.6. The lowest BCUT2D eigenvalue weighted by molar-refractivity contribution is 0.0411. The first-order valence-electron chi connectivity index (χ1n) is 10.4. The molecule has 1 unspecified atom stereocenters. The molecule has 0 aromatic heterocycles. The van der Waals surface area contributed by atoms with Crippen molar-refractivity contribution < 1.29 is 14.6 Å². The van der Waals surface area contributed by atoms with Gasteiger partial charge in [0.15, 0.2) is 0 Å². The van der Waals surface area contributed by atoms with Crippen LogP contribution in [0.25, 0.3) is 0 Å². The molecule has 1 atom stereocenters. The Hall–Kier alpha value is -2.12. The van der Waals surface area contributed by atoms with Gasteiger partial charge in [0.25, 0.3) is 5.91 Å². The summed E-state index contributed by atoms with van der Waals surface area (Å²) < 4.78 is 5.81. The summed E-state index contributed by atoms with van der Waals surface area (Å²) in [4.78, 5) is 14.3. The van der Waals surface area contributed by atoms with E-state index in [0.717, 1.165) is 43.1 Å². The predicted octanol–water partition coefficient (Wildman–Crippen LogP) is 2.69. The van der Waals surface area contributed by atoms with Crippen LogP contribution < -0.4 is 15.4 Å². The Morgan fingerprint density at radius 2 is 1.93 bits per heavy atom. The summed E-state index contributed by atoms with van der Waals surface area (Å²) in [6.45, 7) is 3.32. The second kappa shape index (κ2) is 11.3. The van der Waals surface area contributed by atoms with E-state index in [4.69, 9.17) is 16.3 Å². The fourth-order valence-electron chi connectivity index (χ4n) is 3.76. The average molecular weight is 432 g/mol. The van der Waals surface area contributed by atoms with Crippen molar-refractivity contribution in [3.05, 3.63) is 64.7 Å². The first-order chi connectivity index (χ1) is 14.6. The third-order valence-corrected chi connectivity index (χ3v) is 5.61. The van der Waals surface area contributed by atoms with Gasteiger partial charge < -0.3 is 20.5 Å². The van der Waals surface area contributed by atoms with Gasteiger partial charge in [0.1, 0.15) is 18.5 Å². The molecule has 1 heterocycles. The van der Waals surface area contributed by atoms with Gasteiger partial charge in [-0.15, -0.1) is 0 Å². The zero-order chi connectivity index (χ0) is 21.3. The summed E-state index contributed by atoms with van der Waals surface area (Å²) in [5.41, 5.74) is 1.62. The molecular formula is C23H30ClN3O3. The highest BCUT2D eigenvalue weighted by molar-refractivity contribution is 6.30. The summed E-state index contributed by atoms with van der Waals surface area (Å²) in [6.07, 6.45) is 1.41. The van der Waals surface area contributed by atoms with Crippen LogP contribution in [0.4, 0.5) is 0 Å². The van der Waals surface area contributed by atoms with Crippen LogP contribution in [0.3, 0.4) is 0 Å². The third kappa shape index (κ3) is 6.44. The van der Waals surface area contributed by atoms with Crippen LogP contribution in [0.5, 0.6) is 5.75 Å². The standard InChI is InChI=1S/C23H30ClN3O3/c1-25-23(29)21-4-2-3-5-22(21)30-16-20(28)15-27(19-10-12-26-13-11-19)14-17-6-8-18(24)9-7-17/h2-9,19-20,26,28H,10-16H2,1H3,(H,25,29). The van der Waals surface area contributed by atoms with Gasteiger partial charge >= 0.3 is 0 Å². The number of para-hydroxylation sites is 1. The molecule has 6 nitrogen and oxygen atoms in total. The van der Waals surface area contributed by atoms with E-state index in [9.17, 15) is 9.90 Å². The van der Waals surface area contributed by atoms with Crippen molar-refractivity contribution in [2.75, 3.05) is 33.3 Å². The molecule has 0 radical (unpaired) electrons. The van der Waals surface area contributed by atoms with Crippen molar-refractivity contribution in [3.63, 3.8) is 0 Å². The number of hydrogen-bond acceptors (Lipinski definition) is 5. The number of benzene rings is 2. The molecule has 1 amide bonds. The summed E-state index contributed by atoms with van der Waals surface area (Å²) in [6, 6.07) is 15.3. The zero-order valence-electron chi connectivity index (χ0n) is 17.3. The van der Waals surface area contributed by atoms with Crippen molar-refractivity contribution in [2.24, 2.45) is 0 Å². The summed E-state index contributed by atoms with van der Waals surface area (Å²) in [7, 11) is 1.58. The Bertz CT molecular complexity index is 810. The number of aliphatic hydroxyl groups is 1. The molecule has 0 aliphatic carbocycles. The maximum atomic E-state index is 12.0. The maximum absolute atomic E-state index is 12.0. The van der Waals surface area contributed by atoms with Gasteiger partial charge in [0, 0.05) is 31.2 Å². The Morgan fingerprint density at radius 1 is 1.23 bits per heavy atom. The molecule has 1 aliphatic heterocycles. The lowest BCUT2D eigenvalue weighted by atomic mass is 10.0. The smallest absolute Gasteiger partial charge is 0.254 e. The second-order valence-corrected chi connectivity index (χ2v) is 8.01. The zero-order valence-corrected chi connectivity index (χ0v) is 18.1. The molecule has 0 saturated carbocycles. The Balaban J connectivity index is 1.63. The lowest BCUT2D eigenvalue weighted by Crippen LogP contribution is -2.46. The van der Waals surface area contributed by atoms with E-state index in [1.807, 2.05) is 30.3 Å². The number of amides is 1. The van der Waals surface area contributed by atoms with Gasteiger partial charge in [-0.1, -0.05) is 35.9 Å². The number of nitrogens with one attached hydrogen (secondary N) is 2. The molecule has 0 spiro atoms. The number of carbonyl (C=O) groups excluding carboxylic acids is 1. The van der Waals surface area contributed by atoms with Crippen molar-refractivity contribution in [3.8, 4) is 5.75 Å². The highest BCUT2D eigenvalue weighted by atomic mass is 35.5. The van der Waals surface area contributed by atoms with E-state index >= 15 is 0 Å². The monoisotopic (exact) mass is 431 g/mol. The minimum atomic E-state index is -0.676. The average Bonchev–Trinajstić information content (AvgIpc) is 2.79. The Labute approximate surface area is 183 Å². The topological polar surface area (TPSA) is 73.8 Å². The number of halogens is 1. The number of aliphatic hydroxyl groups excluding tert-OH is 1. The summed E-state index contributed by atoms with van der Waals surface area (Å²) in [5.74, 6) is 0.265. The van der Waals surface area contributed by atoms with Crippen LogP contribution in [-0.4, -0.2) is 61.3 Å². The lowest BCUT2D eigenvalue weighted by Gasteiger charge is -2.36. The first-order valence-corrected chi connectivity index (χ1v) is 10.8. The van der Waals surface area contributed by atoms with Gasteiger partial charge in [-0.05, 0) is 55.8 Å². The molecule has 1 saturated heterocycles. The van der Waals surface area contributed by atoms with Gasteiger partial charge in [-0.3, -0.25) is 9.69 Å². The van der Waals surface area contributed by atoms with Gasteiger partial charge in [0.2, 0.25) is 0 Å². The van der Waals surface area contributed by atoms with Crippen molar-refractivity contribution >= 4 is 17.5 Å². The van der Waals surface area contributed by atoms with Crippen LogP contribution in [-0.2, 0) is 6.54 Å². The van der Waals surface area contributed by atoms with Crippen molar-refractivity contribution in [1.82, 2.24) is 15.5 Å². The van der Waals surface area contributed by atoms with Crippen LogP contribution in [0, 0.1) is 0 Å². The molecule has 3 N–H and O–H groups in total. The maximum Gasteiger partial charge on any atom is 0.254 e. The van der Waals surface area contributed by atoms with Gasteiger partial charge in [0.05, 0.1) is 5.56 Å². The molecule has 2 aromatic carbocycles. The minimum Gasteiger partial charge on any atom is -0.490 e. The molecule has 3 rings (SSSR count). The van der Waals surface area contributed by atoms with E-state index in [1.165, 1.54) is 0 Å². The van der Waals surface area contributed by atoms with E-state index < -0.39 is 6.10 Å². The highest BCUT2D eigenvalue weighted by Crippen LogP contribution is 2.20. The fourth-order valence-corrected chi connectivity index (χ4v) is 3.89. The molecule has 7 heteroatoms. The normalized spacial score (nSPS) is 15.7.